The van der Waals surface area contributed by atoms with Crippen molar-refractivity contribution >= 4 is 50.6 Å². The third kappa shape index (κ3) is 5.01. The van der Waals surface area contributed by atoms with Crippen molar-refractivity contribution in [2.24, 2.45) is 5.41 Å². The first-order valence-electron chi connectivity index (χ1n) is 10.2. The lowest BCUT2D eigenvalue weighted by atomic mass is 9.72. The van der Waals surface area contributed by atoms with Crippen LogP contribution in [0.4, 0.5) is 16.2 Å². The smallest absolute Gasteiger partial charge is 0.410 e. The molecule has 2 aliphatic rings. The quantitative estimate of drug-likeness (QED) is 0.662. The van der Waals surface area contributed by atoms with Crippen LogP contribution >= 0.6 is 27.3 Å². The fraction of sp³-hybridized carbons (Fsp3) is 0.524. The number of amides is 2. The molecule has 2 saturated heterocycles. The zero-order valence-corrected chi connectivity index (χ0v) is 20.3. The van der Waals surface area contributed by atoms with E-state index in [4.69, 9.17) is 4.74 Å². The molecular weight excluding hydrogens is 482 g/mol. The summed E-state index contributed by atoms with van der Waals surface area (Å²) in [6, 6.07) is 1.93. The fourth-order valence-electron chi connectivity index (χ4n) is 4.06. The molecule has 2 fully saturated rings. The van der Waals surface area contributed by atoms with Gasteiger partial charge in [-0.1, -0.05) is 0 Å². The van der Waals surface area contributed by atoms with Gasteiger partial charge in [0.05, 0.1) is 17.6 Å². The summed E-state index contributed by atoms with van der Waals surface area (Å²) >= 11 is 4.66. The lowest BCUT2D eigenvalue weighted by Gasteiger charge is -2.54. The Kier molecular flexibility index (Phi) is 5.95. The minimum atomic E-state index is -0.472. The van der Waals surface area contributed by atoms with Crippen molar-refractivity contribution in [1.29, 1.82) is 0 Å². The number of anilines is 2. The second-order valence-electron chi connectivity index (χ2n) is 9.16. The number of hydrogen-bond donors (Lipinski definition) is 1. The van der Waals surface area contributed by atoms with E-state index < -0.39 is 5.60 Å². The third-order valence-electron chi connectivity index (χ3n) is 5.62. The van der Waals surface area contributed by atoms with Crippen LogP contribution < -0.4 is 10.2 Å². The van der Waals surface area contributed by atoms with Crippen LogP contribution in [-0.2, 0) is 4.74 Å². The van der Waals surface area contributed by atoms with E-state index in [-0.39, 0.29) is 17.4 Å². The minimum absolute atomic E-state index is 0.163. The number of ether oxygens (including phenoxy) is 1. The van der Waals surface area contributed by atoms with Gasteiger partial charge in [-0.05, 0) is 55.6 Å². The van der Waals surface area contributed by atoms with E-state index >= 15 is 0 Å². The molecule has 0 atom stereocenters. The minimum Gasteiger partial charge on any atom is -0.444 e. The number of piperidine rings is 1. The molecule has 4 rings (SSSR count). The highest BCUT2D eigenvalue weighted by molar-refractivity contribution is 9.11. The molecule has 1 N–H and O–H groups in total. The van der Waals surface area contributed by atoms with Crippen molar-refractivity contribution in [2.45, 2.75) is 39.2 Å². The van der Waals surface area contributed by atoms with Crippen molar-refractivity contribution in [3.8, 4) is 0 Å². The number of hydrogen-bond acceptors (Lipinski definition) is 7. The van der Waals surface area contributed by atoms with Crippen LogP contribution in [0.15, 0.2) is 27.8 Å². The van der Waals surface area contributed by atoms with Crippen LogP contribution in [0.1, 0.15) is 44.1 Å². The second-order valence-corrected chi connectivity index (χ2v) is 11.3. The van der Waals surface area contributed by atoms with Gasteiger partial charge in [0.1, 0.15) is 11.3 Å². The molecule has 2 amide bonds. The van der Waals surface area contributed by atoms with E-state index in [1.807, 2.05) is 26.8 Å². The summed E-state index contributed by atoms with van der Waals surface area (Å²) in [5.74, 6) is -0.253. The average Bonchev–Trinajstić information content (AvgIpc) is 3.12. The zero-order valence-electron chi connectivity index (χ0n) is 17.9. The number of rotatable bonds is 3. The maximum absolute atomic E-state index is 12.5. The van der Waals surface area contributed by atoms with Gasteiger partial charge in [-0.2, -0.15) is 0 Å². The molecule has 0 radical (unpaired) electrons. The summed E-state index contributed by atoms with van der Waals surface area (Å²) in [4.78, 5) is 37.2. The van der Waals surface area contributed by atoms with Gasteiger partial charge >= 0.3 is 6.09 Å². The first-order chi connectivity index (χ1) is 14.6. The summed E-state index contributed by atoms with van der Waals surface area (Å²) in [5.41, 5.74) is 1.70. The molecule has 0 unspecified atom stereocenters. The Labute approximate surface area is 194 Å². The van der Waals surface area contributed by atoms with Gasteiger partial charge in [0, 0.05) is 43.2 Å². The third-order valence-corrected chi connectivity index (χ3v) is 6.99. The molecule has 2 aromatic rings. The monoisotopic (exact) mass is 507 g/mol. The van der Waals surface area contributed by atoms with Crippen molar-refractivity contribution in [2.75, 3.05) is 36.4 Å². The van der Waals surface area contributed by atoms with Crippen LogP contribution in [-0.4, -0.2) is 58.6 Å². The number of aromatic nitrogens is 2. The number of carbonyl (C=O) groups is 2. The lowest BCUT2D eigenvalue weighted by molar-refractivity contribution is -0.0434. The van der Waals surface area contributed by atoms with E-state index in [0.29, 0.717) is 15.3 Å². The molecule has 0 aromatic carbocycles. The summed E-state index contributed by atoms with van der Waals surface area (Å²) in [5, 5.41) is 4.66. The number of nitrogens with one attached hydrogen (secondary N) is 1. The Balaban J connectivity index is 1.36. The molecule has 0 bridgehead atoms. The predicted molar refractivity (Wildman–Crippen MR) is 124 cm³/mol. The molecule has 2 aliphatic heterocycles. The topological polar surface area (TPSA) is 87.7 Å². The van der Waals surface area contributed by atoms with Gasteiger partial charge in [-0.25, -0.2) is 9.78 Å². The summed E-state index contributed by atoms with van der Waals surface area (Å²) in [6.07, 6.45) is 5.16. The van der Waals surface area contributed by atoms with Gasteiger partial charge in [0.2, 0.25) is 0 Å². The fourth-order valence-corrected chi connectivity index (χ4v) is 5.05. The van der Waals surface area contributed by atoms with Crippen molar-refractivity contribution in [1.82, 2.24) is 14.9 Å². The molecule has 2 aromatic heterocycles. The van der Waals surface area contributed by atoms with Crippen LogP contribution in [0, 0.1) is 5.41 Å². The first-order valence-corrected chi connectivity index (χ1v) is 11.9. The molecule has 4 heterocycles. The van der Waals surface area contributed by atoms with Crippen LogP contribution in [0.3, 0.4) is 0 Å². The predicted octanol–water partition coefficient (Wildman–Crippen LogP) is 4.39. The van der Waals surface area contributed by atoms with E-state index in [1.54, 1.807) is 22.7 Å². The number of nitrogens with zero attached hydrogens (tertiary/aromatic N) is 4. The maximum Gasteiger partial charge on any atom is 0.410 e. The molecule has 0 saturated carbocycles. The number of halogens is 1. The van der Waals surface area contributed by atoms with E-state index in [2.05, 4.69) is 36.1 Å². The Bertz CT molecular complexity index is 973. The van der Waals surface area contributed by atoms with Gasteiger partial charge in [-0.15, -0.1) is 11.3 Å². The Morgan fingerprint density at radius 2 is 1.97 bits per heavy atom. The molecule has 0 aliphatic carbocycles. The molecule has 166 valence electrons. The highest BCUT2D eigenvalue weighted by Crippen LogP contribution is 2.42. The number of thiazole rings is 1. The van der Waals surface area contributed by atoms with Gasteiger partial charge in [0.15, 0.2) is 3.92 Å². The highest BCUT2D eigenvalue weighted by Gasteiger charge is 2.48. The van der Waals surface area contributed by atoms with Crippen LogP contribution in [0.25, 0.3) is 0 Å². The van der Waals surface area contributed by atoms with Crippen molar-refractivity contribution in [3.63, 3.8) is 0 Å². The normalized spacial score (nSPS) is 17.9. The first kappa shape index (κ1) is 22.0. The highest BCUT2D eigenvalue weighted by atomic mass is 79.9. The Morgan fingerprint density at radius 1 is 1.26 bits per heavy atom. The van der Waals surface area contributed by atoms with E-state index in [1.165, 1.54) is 11.3 Å². The van der Waals surface area contributed by atoms with Gasteiger partial charge < -0.3 is 19.9 Å². The van der Waals surface area contributed by atoms with Crippen molar-refractivity contribution in [3.05, 3.63) is 33.5 Å². The molecular formula is C21H26BrN5O3S. The molecule has 10 heteroatoms. The number of likely N-dealkylation sites (tertiary alicyclic amines) is 1. The average molecular weight is 508 g/mol. The molecule has 31 heavy (non-hydrogen) atoms. The summed E-state index contributed by atoms with van der Waals surface area (Å²) in [7, 11) is 0. The molecule has 1 spiro atoms. The maximum atomic E-state index is 12.5. The largest absolute Gasteiger partial charge is 0.444 e. The van der Waals surface area contributed by atoms with Gasteiger partial charge in [0.25, 0.3) is 5.91 Å². The summed E-state index contributed by atoms with van der Waals surface area (Å²) < 4.78 is 6.15. The SMILES string of the molecule is CC(C)(C)OC(=O)N1CC2(CCN(c3ccncc3NC(=O)c3csc(Br)n3)CC2)C1. The summed E-state index contributed by atoms with van der Waals surface area (Å²) in [6.45, 7) is 8.86. The lowest BCUT2D eigenvalue weighted by Crippen LogP contribution is -2.62. The number of pyridine rings is 1. The van der Waals surface area contributed by atoms with Gasteiger partial charge in [-0.3, -0.25) is 9.78 Å². The van der Waals surface area contributed by atoms with E-state index in [0.717, 1.165) is 44.7 Å². The van der Waals surface area contributed by atoms with E-state index in [9.17, 15) is 9.59 Å². The second kappa shape index (κ2) is 8.38. The Morgan fingerprint density at radius 3 is 2.58 bits per heavy atom. The van der Waals surface area contributed by atoms with Crippen molar-refractivity contribution < 1.29 is 14.3 Å². The Hall–Kier alpha value is -2.20. The molecule has 8 nitrogen and oxygen atoms in total. The van der Waals surface area contributed by atoms with Crippen LogP contribution in [0.2, 0.25) is 0 Å². The standard InChI is InChI=1S/C21H26BrN5O3S/c1-20(2,3)30-19(29)27-12-21(13-27)5-8-26(9-6-21)16-4-7-23-10-14(16)24-17(28)15-11-31-18(22)25-15/h4,7,10-11H,5-6,8-9,12-13H2,1-3H3,(H,24,28). The van der Waals surface area contributed by atoms with Crippen LogP contribution in [0.5, 0.6) is 0 Å². The number of carbonyl (C=O) groups excluding carboxylic acids is 2. The zero-order chi connectivity index (χ0) is 22.2.